The Bertz CT molecular complexity index is 654. The van der Waals surface area contributed by atoms with Crippen molar-refractivity contribution in [2.75, 3.05) is 0 Å². The molecular formula is C25H42O5Si. The molecule has 1 aliphatic rings. The maximum Gasteiger partial charge on any atom is 0.337 e. The fraction of sp³-hybridized carbons (Fsp3) is 0.720. The molecule has 0 aromatic heterocycles. The molecule has 0 aliphatic heterocycles. The van der Waals surface area contributed by atoms with E-state index in [4.69, 9.17) is 10.8 Å². The first-order valence-electron chi connectivity index (χ1n) is 11.6. The number of aliphatic carboxylic acids is 1. The summed E-state index contributed by atoms with van der Waals surface area (Å²) in [5, 5.41) is 31.5. The first kappa shape index (κ1) is 27.6. The van der Waals surface area contributed by atoms with Crippen LogP contribution in [0.4, 0.5) is 0 Å². The fourth-order valence-electron chi connectivity index (χ4n) is 4.33. The molecule has 3 N–H and O–H groups in total. The summed E-state index contributed by atoms with van der Waals surface area (Å²) >= 11 is 0. The third-order valence-electron chi connectivity index (χ3n) is 5.87. The lowest BCUT2D eigenvalue weighted by Crippen LogP contribution is -2.60. The molecule has 0 heterocycles. The summed E-state index contributed by atoms with van der Waals surface area (Å²) in [7, 11) is -2.21. The van der Waals surface area contributed by atoms with Crippen molar-refractivity contribution in [1.82, 2.24) is 0 Å². The third-order valence-corrected chi connectivity index (χ3v) is 6.82. The first-order chi connectivity index (χ1) is 14.5. The molecule has 1 aliphatic carbocycles. The summed E-state index contributed by atoms with van der Waals surface area (Å²) in [6, 6.07) is 0. The van der Waals surface area contributed by atoms with E-state index in [1.165, 1.54) is 0 Å². The van der Waals surface area contributed by atoms with Gasteiger partial charge in [-0.25, -0.2) is 4.79 Å². The Labute approximate surface area is 189 Å². The Kier molecular flexibility index (Phi) is 11.2. The molecule has 1 saturated carbocycles. The van der Waals surface area contributed by atoms with Gasteiger partial charge in [0.1, 0.15) is 5.60 Å². The van der Waals surface area contributed by atoms with Gasteiger partial charge in [-0.1, -0.05) is 56.8 Å². The molecule has 3 atom stereocenters. The quantitative estimate of drug-likeness (QED) is 0.149. The van der Waals surface area contributed by atoms with Crippen molar-refractivity contribution < 1.29 is 24.5 Å². The van der Waals surface area contributed by atoms with E-state index in [9.17, 15) is 20.1 Å². The molecule has 0 aromatic rings. The Morgan fingerprint density at radius 2 is 1.87 bits per heavy atom. The van der Waals surface area contributed by atoms with Crippen molar-refractivity contribution in [3.63, 3.8) is 0 Å². The Hall–Kier alpha value is -1.39. The van der Waals surface area contributed by atoms with Crippen molar-refractivity contribution in [3.8, 4) is 12.3 Å². The normalized spacial score (nSPS) is 20.5. The van der Waals surface area contributed by atoms with Crippen LogP contribution in [0.5, 0.6) is 0 Å². The number of hydrogen-bond donors (Lipinski definition) is 3. The maximum atomic E-state index is 12.4. The number of aliphatic hydroxyl groups excluding tert-OH is 1. The molecule has 1 fully saturated rings. The van der Waals surface area contributed by atoms with Gasteiger partial charge in [0.2, 0.25) is 0 Å². The molecule has 0 bridgehead atoms. The molecule has 0 amide bonds. The number of hydrogen-bond acceptors (Lipinski definition) is 4. The van der Waals surface area contributed by atoms with E-state index in [1.54, 1.807) is 12.2 Å². The molecule has 0 saturated heterocycles. The van der Waals surface area contributed by atoms with Crippen LogP contribution in [-0.2, 0) is 9.22 Å². The van der Waals surface area contributed by atoms with Crippen LogP contribution in [0, 0.1) is 18.3 Å². The lowest BCUT2D eigenvalue weighted by molar-refractivity contribution is -0.177. The monoisotopic (exact) mass is 450 g/mol. The number of aliphatic hydroxyl groups is 2. The van der Waals surface area contributed by atoms with Crippen molar-refractivity contribution in [2.45, 2.75) is 108 Å². The summed E-state index contributed by atoms with van der Waals surface area (Å²) in [4.78, 5) is 12.4. The van der Waals surface area contributed by atoms with Crippen LogP contribution in [0.1, 0.15) is 71.1 Å². The smallest absolute Gasteiger partial charge is 0.337 e. The van der Waals surface area contributed by atoms with Gasteiger partial charge in [-0.2, -0.15) is 0 Å². The highest BCUT2D eigenvalue weighted by Crippen LogP contribution is 2.41. The largest absolute Gasteiger partial charge is 0.479 e. The Morgan fingerprint density at radius 1 is 1.23 bits per heavy atom. The first-order valence-corrected chi connectivity index (χ1v) is 15.1. The van der Waals surface area contributed by atoms with Crippen LogP contribution in [0.15, 0.2) is 24.3 Å². The lowest BCUT2D eigenvalue weighted by Gasteiger charge is -2.43. The topological polar surface area (TPSA) is 87.0 Å². The van der Waals surface area contributed by atoms with Crippen molar-refractivity contribution in [3.05, 3.63) is 24.3 Å². The molecule has 31 heavy (non-hydrogen) atoms. The van der Waals surface area contributed by atoms with Crippen LogP contribution >= 0.6 is 0 Å². The van der Waals surface area contributed by atoms with Crippen LogP contribution in [0.25, 0.3) is 0 Å². The second kappa shape index (κ2) is 12.6. The average Bonchev–Trinajstić information content (AvgIpc) is 3.23. The number of allylic oxidation sites excluding steroid dienone is 2. The zero-order chi connectivity index (χ0) is 23.5. The van der Waals surface area contributed by atoms with Gasteiger partial charge in [-0.3, -0.25) is 0 Å². The molecule has 0 spiro atoms. The third kappa shape index (κ3) is 8.57. The second-order valence-electron chi connectivity index (χ2n) is 9.68. The van der Waals surface area contributed by atoms with Gasteiger partial charge in [0.15, 0.2) is 13.9 Å². The number of carboxylic acid groups (broad SMARTS) is 1. The van der Waals surface area contributed by atoms with Gasteiger partial charge < -0.3 is 19.7 Å². The number of terminal acetylenes is 1. The van der Waals surface area contributed by atoms with Crippen molar-refractivity contribution >= 4 is 14.3 Å². The Morgan fingerprint density at radius 3 is 2.39 bits per heavy atom. The van der Waals surface area contributed by atoms with Crippen LogP contribution in [-0.4, -0.2) is 46.9 Å². The molecule has 1 rings (SSSR count). The summed E-state index contributed by atoms with van der Waals surface area (Å²) < 4.78 is 6.20. The SMILES string of the molecule is C#C[C@@](O)(/C=C\C/C=C/C[C@@H](O)[C@@](O[Si](C)(C)C)(C(=O)O)C1CCCC1)CCCCC. The fourth-order valence-corrected chi connectivity index (χ4v) is 5.73. The minimum atomic E-state index is -2.21. The molecule has 0 unspecified atom stereocenters. The van der Waals surface area contributed by atoms with E-state index in [2.05, 4.69) is 12.8 Å². The predicted molar refractivity (Wildman–Crippen MR) is 128 cm³/mol. The zero-order valence-electron chi connectivity index (χ0n) is 19.8. The van der Waals surface area contributed by atoms with E-state index in [0.29, 0.717) is 12.8 Å². The predicted octanol–water partition coefficient (Wildman–Crippen LogP) is 5.05. The number of carbonyl (C=O) groups is 1. The summed E-state index contributed by atoms with van der Waals surface area (Å²) in [5.41, 5.74) is -2.78. The van der Waals surface area contributed by atoms with E-state index in [1.807, 2.05) is 31.8 Å². The van der Waals surface area contributed by atoms with Gasteiger partial charge in [-0.05, 0) is 64.2 Å². The molecule has 6 heteroatoms. The van der Waals surface area contributed by atoms with Crippen LogP contribution < -0.4 is 0 Å². The van der Waals surface area contributed by atoms with E-state index < -0.39 is 31.6 Å². The summed E-state index contributed by atoms with van der Waals surface area (Å²) in [6.07, 6.45) is 19.2. The zero-order valence-corrected chi connectivity index (χ0v) is 20.8. The number of unbranched alkanes of at least 4 members (excludes halogenated alkanes) is 2. The summed E-state index contributed by atoms with van der Waals surface area (Å²) in [5.74, 6) is 1.22. The highest BCUT2D eigenvalue weighted by Gasteiger charge is 2.54. The molecule has 5 nitrogen and oxygen atoms in total. The van der Waals surface area contributed by atoms with Gasteiger partial charge in [-0.15, -0.1) is 6.42 Å². The highest BCUT2D eigenvalue weighted by molar-refractivity contribution is 6.70. The van der Waals surface area contributed by atoms with Gasteiger partial charge >= 0.3 is 5.97 Å². The standard InChI is InChI=1S/C25H42O5Si/c1-6-8-14-19-24(29,7-2)20-15-10-9-11-18-22(26)25(23(27)28,30-31(3,4)5)21-16-12-13-17-21/h2,9,11,15,20-22,26,29H,6,8,10,12-14,16-19H2,1,3-5H3,(H,27,28)/b11-9+,20-15-/t22-,24+,25-/m1/s1. The van der Waals surface area contributed by atoms with E-state index in [0.717, 1.165) is 44.9 Å². The highest BCUT2D eigenvalue weighted by atomic mass is 28.4. The number of carboxylic acids is 1. The molecule has 176 valence electrons. The second-order valence-corrected chi connectivity index (χ2v) is 14.1. The summed E-state index contributed by atoms with van der Waals surface area (Å²) in [6.45, 7) is 7.98. The molecule has 0 aromatic carbocycles. The number of rotatable bonds is 14. The van der Waals surface area contributed by atoms with Crippen molar-refractivity contribution in [2.24, 2.45) is 5.92 Å². The van der Waals surface area contributed by atoms with E-state index >= 15 is 0 Å². The average molecular weight is 451 g/mol. The van der Waals surface area contributed by atoms with Gasteiger partial charge in [0.05, 0.1) is 6.10 Å². The van der Waals surface area contributed by atoms with Gasteiger partial charge in [0, 0.05) is 5.92 Å². The van der Waals surface area contributed by atoms with Gasteiger partial charge in [0.25, 0.3) is 0 Å². The Balaban J connectivity index is 2.79. The van der Waals surface area contributed by atoms with Crippen LogP contribution in [0.3, 0.4) is 0 Å². The molecule has 0 radical (unpaired) electrons. The molecular weight excluding hydrogens is 408 g/mol. The lowest BCUT2D eigenvalue weighted by atomic mass is 9.80. The minimum Gasteiger partial charge on any atom is -0.479 e. The van der Waals surface area contributed by atoms with Crippen LogP contribution in [0.2, 0.25) is 19.6 Å². The maximum absolute atomic E-state index is 12.4. The van der Waals surface area contributed by atoms with Crippen molar-refractivity contribution in [1.29, 1.82) is 0 Å². The minimum absolute atomic E-state index is 0.172. The van der Waals surface area contributed by atoms with E-state index in [-0.39, 0.29) is 12.3 Å².